The summed E-state index contributed by atoms with van der Waals surface area (Å²) in [5.74, 6) is -2.49. The third-order valence-corrected chi connectivity index (χ3v) is 5.16. The normalized spacial score (nSPS) is 11.7. The molecule has 8 heteroatoms. The number of ether oxygens (including phenoxy) is 1. The number of amides is 3. The van der Waals surface area contributed by atoms with Gasteiger partial charge in [-0.15, -0.1) is 0 Å². The van der Waals surface area contributed by atoms with E-state index < -0.39 is 29.1 Å². The lowest BCUT2D eigenvalue weighted by Gasteiger charge is -2.24. The monoisotopic (exact) mass is 472 g/mol. The van der Waals surface area contributed by atoms with Crippen LogP contribution < -0.4 is 15.4 Å². The van der Waals surface area contributed by atoms with Gasteiger partial charge in [-0.1, -0.05) is 43.6 Å². The molecule has 0 saturated carbocycles. The fraction of sp³-hybridized carbons (Fsp3) is 0.200. The summed E-state index contributed by atoms with van der Waals surface area (Å²) in [7, 11) is 0. The predicted octanol–water partition coefficient (Wildman–Crippen LogP) is 6.66. The third-order valence-electron chi connectivity index (χ3n) is 4.91. The van der Waals surface area contributed by atoms with Crippen LogP contribution in [0.3, 0.4) is 0 Å². The highest BCUT2D eigenvalue weighted by Crippen LogP contribution is 2.32. The molecule has 0 aliphatic carbocycles. The maximum atomic E-state index is 13.7. The summed E-state index contributed by atoms with van der Waals surface area (Å²) in [6, 6.07) is 14.5. The van der Waals surface area contributed by atoms with E-state index in [0.29, 0.717) is 16.5 Å². The van der Waals surface area contributed by atoms with E-state index in [1.807, 2.05) is 50.4 Å². The van der Waals surface area contributed by atoms with Crippen LogP contribution in [0.4, 0.5) is 19.3 Å². The van der Waals surface area contributed by atoms with E-state index in [1.165, 1.54) is 0 Å². The molecule has 1 unspecified atom stereocenters. The Bertz CT molecular complexity index is 1150. The van der Waals surface area contributed by atoms with Crippen LogP contribution in [-0.2, 0) is 0 Å². The van der Waals surface area contributed by atoms with Crippen LogP contribution in [0.1, 0.15) is 41.4 Å². The number of hydrogen-bond acceptors (Lipinski definition) is 3. The van der Waals surface area contributed by atoms with Crippen molar-refractivity contribution in [3.05, 3.63) is 94.0 Å². The Balaban J connectivity index is 1.69. The van der Waals surface area contributed by atoms with Gasteiger partial charge in [0.2, 0.25) is 0 Å². The fourth-order valence-electron chi connectivity index (χ4n) is 3.28. The molecule has 0 bridgehead atoms. The summed E-state index contributed by atoms with van der Waals surface area (Å²) < 4.78 is 33.7. The Morgan fingerprint density at radius 2 is 1.61 bits per heavy atom. The van der Waals surface area contributed by atoms with Gasteiger partial charge in [0.1, 0.15) is 29.1 Å². The van der Waals surface area contributed by atoms with Crippen LogP contribution in [0, 0.1) is 24.5 Å². The number of carbonyl (C=O) groups is 2. The number of imide groups is 1. The van der Waals surface area contributed by atoms with Crippen LogP contribution >= 0.6 is 11.6 Å². The van der Waals surface area contributed by atoms with Gasteiger partial charge in [-0.05, 0) is 66.4 Å². The van der Waals surface area contributed by atoms with Crippen molar-refractivity contribution in [2.45, 2.75) is 26.9 Å². The van der Waals surface area contributed by atoms with Gasteiger partial charge >= 0.3 is 6.03 Å². The quantitative estimate of drug-likeness (QED) is 0.421. The van der Waals surface area contributed by atoms with Crippen molar-refractivity contribution in [1.29, 1.82) is 0 Å². The first-order chi connectivity index (χ1) is 15.7. The predicted molar refractivity (Wildman–Crippen MR) is 124 cm³/mol. The number of anilines is 1. The summed E-state index contributed by atoms with van der Waals surface area (Å²) >= 11 is 5.98. The van der Waals surface area contributed by atoms with Crippen molar-refractivity contribution in [3.8, 4) is 5.75 Å². The summed E-state index contributed by atoms with van der Waals surface area (Å²) in [5.41, 5.74) is 1.29. The van der Waals surface area contributed by atoms with Crippen LogP contribution in [0.15, 0.2) is 60.7 Å². The summed E-state index contributed by atoms with van der Waals surface area (Å²) in [4.78, 5) is 24.2. The topological polar surface area (TPSA) is 67.4 Å². The Morgan fingerprint density at radius 1 is 0.970 bits per heavy atom. The smallest absolute Gasteiger partial charge is 0.326 e. The van der Waals surface area contributed by atoms with E-state index in [4.69, 9.17) is 16.3 Å². The van der Waals surface area contributed by atoms with Crippen molar-refractivity contribution in [3.63, 3.8) is 0 Å². The number of urea groups is 1. The van der Waals surface area contributed by atoms with Gasteiger partial charge in [-0.25, -0.2) is 13.6 Å². The molecule has 3 rings (SSSR count). The molecule has 3 aromatic rings. The molecule has 0 fully saturated rings. The highest BCUT2D eigenvalue weighted by molar-refractivity contribution is 6.30. The molecule has 0 aliphatic heterocycles. The van der Waals surface area contributed by atoms with Gasteiger partial charge in [0.05, 0.1) is 0 Å². The molecule has 172 valence electrons. The number of halogens is 3. The maximum Gasteiger partial charge on any atom is 0.326 e. The SMILES string of the molecule is Cc1cc(NC(=O)NC(=O)c2c(F)cccc2F)ccc1OC(c1ccc(Cl)cc1)C(C)C. The number of aryl methyl sites for hydroxylation is 1. The molecular formula is C25H23ClF2N2O3. The van der Waals surface area contributed by atoms with E-state index in [9.17, 15) is 18.4 Å². The fourth-order valence-corrected chi connectivity index (χ4v) is 3.41. The summed E-state index contributed by atoms with van der Waals surface area (Å²) in [6.45, 7) is 5.91. The maximum absolute atomic E-state index is 13.7. The lowest BCUT2D eigenvalue weighted by molar-refractivity contribution is 0.0959. The van der Waals surface area contributed by atoms with E-state index in [2.05, 4.69) is 5.32 Å². The lowest BCUT2D eigenvalue weighted by atomic mass is 9.99. The molecule has 2 N–H and O–H groups in total. The van der Waals surface area contributed by atoms with Crippen LogP contribution in [0.25, 0.3) is 0 Å². The number of carbonyl (C=O) groups excluding carboxylic acids is 2. The zero-order valence-corrected chi connectivity index (χ0v) is 19.0. The molecule has 3 aromatic carbocycles. The largest absolute Gasteiger partial charge is 0.485 e. The number of hydrogen-bond donors (Lipinski definition) is 2. The van der Waals surface area contributed by atoms with Crippen LogP contribution in [0.5, 0.6) is 5.75 Å². The van der Waals surface area contributed by atoms with Crippen molar-refractivity contribution in [1.82, 2.24) is 5.32 Å². The van der Waals surface area contributed by atoms with Crippen molar-refractivity contribution in [2.75, 3.05) is 5.32 Å². The highest BCUT2D eigenvalue weighted by atomic mass is 35.5. The number of rotatable bonds is 6. The van der Waals surface area contributed by atoms with Crippen molar-refractivity contribution >= 4 is 29.2 Å². The summed E-state index contributed by atoms with van der Waals surface area (Å²) in [5, 5.41) is 5.04. The second kappa shape index (κ2) is 10.4. The van der Waals surface area contributed by atoms with Gasteiger partial charge in [-0.2, -0.15) is 0 Å². The first kappa shape index (κ1) is 24.2. The molecule has 5 nitrogen and oxygen atoms in total. The van der Waals surface area contributed by atoms with Gasteiger partial charge in [-0.3, -0.25) is 10.1 Å². The summed E-state index contributed by atoms with van der Waals surface area (Å²) in [6.07, 6.45) is -0.212. The average molecular weight is 473 g/mol. The zero-order chi connectivity index (χ0) is 24.1. The molecule has 3 amide bonds. The molecule has 0 radical (unpaired) electrons. The van der Waals surface area contributed by atoms with Crippen molar-refractivity contribution < 1.29 is 23.1 Å². The van der Waals surface area contributed by atoms with E-state index in [1.54, 1.807) is 18.2 Å². The Kier molecular flexibility index (Phi) is 7.66. The molecular weight excluding hydrogens is 450 g/mol. The van der Waals surface area contributed by atoms with Crippen molar-refractivity contribution in [2.24, 2.45) is 5.92 Å². The standard InChI is InChI=1S/C25H23ClF2N2O3/c1-14(2)23(16-7-9-17(26)10-8-16)33-21-12-11-18(13-15(21)3)29-25(32)30-24(31)22-19(27)5-4-6-20(22)28/h4-14,23H,1-3H3,(H2,29,30,31,32). The first-order valence-electron chi connectivity index (χ1n) is 10.2. The molecule has 0 spiro atoms. The van der Waals surface area contributed by atoms with Crippen LogP contribution in [0.2, 0.25) is 5.02 Å². The lowest BCUT2D eigenvalue weighted by Crippen LogP contribution is -2.35. The second-order valence-corrected chi connectivity index (χ2v) is 8.26. The van der Waals surface area contributed by atoms with Gasteiger partial charge < -0.3 is 10.1 Å². The van der Waals surface area contributed by atoms with Gasteiger partial charge in [0.25, 0.3) is 5.91 Å². The number of nitrogens with one attached hydrogen (secondary N) is 2. The van der Waals surface area contributed by atoms with E-state index >= 15 is 0 Å². The number of benzene rings is 3. The Morgan fingerprint density at radius 3 is 2.18 bits per heavy atom. The zero-order valence-electron chi connectivity index (χ0n) is 18.3. The van der Waals surface area contributed by atoms with Gasteiger partial charge in [0, 0.05) is 10.7 Å². The minimum atomic E-state index is -1.18. The molecule has 0 aliphatic rings. The van der Waals surface area contributed by atoms with Gasteiger partial charge in [0.15, 0.2) is 0 Å². The molecule has 0 heterocycles. The molecule has 1 atom stereocenters. The Labute approximate surface area is 195 Å². The molecule has 0 aromatic heterocycles. The van der Waals surface area contributed by atoms with E-state index in [-0.39, 0.29) is 12.0 Å². The average Bonchev–Trinajstić information content (AvgIpc) is 2.73. The third kappa shape index (κ3) is 6.08. The molecule has 33 heavy (non-hydrogen) atoms. The Hall–Kier alpha value is -3.45. The molecule has 0 saturated heterocycles. The highest BCUT2D eigenvalue weighted by Gasteiger charge is 2.21. The van der Waals surface area contributed by atoms with E-state index in [0.717, 1.165) is 29.3 Å². The second-order valence-electron chi connectivity index (χ2n) is 7.82. The first-order valence-corrected chi connectivity index (χ1v) is 10.6. The minimum absolute atomic E-state index is 0.180. The minimum Gasteiger partial charge on any atom is -0.485 e. The van der Waals surface area contributed by atoms with Crippen LogP contribution in [-0.4, -0.2) is 11.9 Å².